The van der Waals surface area contributed by atoms with Gasteiger partial charge in [-0.1, -0.05) is 11.6 Å². The van der Waals surface area contributed by atoms with Gasteiger partial charge in [0.25, 0.3) is 5.91 Å². The fourth-order valence-electron chi connectivity index (χ4n) is 3.77. The van der Waals surface area contributed by atoms with Gasteiger partial charge in [0, 0.05) is 25.2 Å². The normalized spacial score (nSPS) is 16.3. The third-order valence-electron chi connectivity index (χ3n) is 5.46. The molecule has 0 aromatic heterocycles. The van der Waals surface area contributed by atoms with Gasteiger partial charge in [0.05, 0.1) is 17.7 Å². The SMILES string of the molecule is COc1ccc(NC(=O)CC[C@H]2CCCN(C(=O)c3ccc(F)cc3Cl)C2)c(C)c1. The molecular formula is C23H26ClFN2O3. The molecule has 1 aliphatic rings. The van der Waals surface area contributed by atoms with Gasteiger partial charge < -0.3 is 15.0 Å². The minimum absolute atomic E-state index is 0.0479. The highest BCUT2D eigenvalue weighted by Crippen LogP contribution is 2.26. The van der Waals surface area contributed by atoms with E-state index in [-0.39, 0.29) is 22.8 Å². The van der Waals surface area contributed by atoms with Crippen LogP contribution >= 0.6 is 11.6 Å². The van der Waals surface area contributed by atoms with E-state index in [1.54, 1.807) is 12.0 Å². The van der Waals surface area contributed by atoms with Crippen molar-refractivity contribution < 1.29 is 18.7 Å². The third-order valence-corrected chi connectivity index (χ3v) is 5.77. The molecule has 2 amide bonds. The Morgan fingerprint density at radius 3 is 2.77 bits per heavy atom. The van der Waals surface area contributed by atoms with Crippen LogP contribution in [-0.4, -0.2) is 36.9 Å². The second-order valence-electron chi connectivity index (χ2n) is 7.65. The smallest absolute Gasteiger partial charge is 0.255 e. The number of carbonyl (C=O) groups excluding carboxylic acids is 2. The van der Waals surface area contributed by atoms with Gasteiger partial charge in [0.1, 0.15) is 11.6 Å². The number of hydrogen-bond donors (Lipinski definition) is 1. The quantitative estimate of drug-likeness (QED) is 0.693. The lowest BCUT2D eigenvalue weighted by atomic mass is 9.92. The molecule has 1 aliphatic heterocycles. The molecule has 0 spiro atoms. The predicted octanol–water partition coefficient (Wildman–Crippen LogP) is 5.07. The van der Waals surface area contributed by atoms with E-state index in [1.807, 2.05) is 25.1 Å². The van der Waals surface area contributed by atoms with Crippen LogP contribution in [0.25, 0.3) is 0 Å². The number of amides is 2. The molecule has 7 heteroatoms. The molecule has 0 bridgehead atoms. The number of benzene rings is 2. The van der Waals surface area contributed by atoms with Gasteiger partial charge in [-0.05, 0) is 74.1 Å². The van der Waals surface area contributed by atoms with E-state index in [2.05, 4.69) is 5.32 Å². The maximum Gasteiger partial charge on any atom is 0.255 e. The Morgan fingerprint density at radius 1 is 1.27 bits per heavy atom. The summed E-state index contributed by atoms with van der Waals surface area (Å²) in [5.74, 6) is 0.283. The van der Waals surface area contributed by atoms with Crippen LogP contribution in [0.1, 0.15) is 41.6 Å². The molecule has 1 fully saturated rings. The van der Waals surface area contributed by atoms with Gasteiger partial charge in [-0.3, -0.25) is 9.59 Å². The molecule has 160 valence electrons. The number of anilines is 1. The van der Waals surface area contributed by atoms with Crippen molar-refractivity contribution in [2.24, 2.45) is 5.92 Å². The molecule has 3 rings (SSSR count). The highest BCUT2D eigenvalue weighted by Gasteiger charge is 2.26. The first kappa shape index (κ1) is 22.1. The van der Waals surface area contributed by atoms with Crippen LogP contribution in [0, 0.1) is 18.7 Å². The van der Waals surface area contributed by atoms with Crippen molar-refractivity contribution in [3.8, 4) is 5.75 Å². The lowest BCUT2D eigenvalue weighted by Gasteiger charge is -2.33. The summed E-state index contributed by atoms with van der Waals surface area (Å²) >= 11 is 6.04. The average Bonchev–Trinajstić information content (AvgIpc) is 2.73. The number of rotatable bonds is 6. The highest BCUT2D eigenvalue weighted by atomic mass is 35.5. The van der Waals surface area contributed by atoms with E-state index >= 15 is 0 Å². The Morgan fingerprint density at radius 2 is 2.07 bits per heavy atom. The number of nitrogens with zero attached hydrogens (tertiary/aromatic N) is 1. The minimum Gasteiger partial charge on any atom is -0.497 e. The Kier molecular flexibility index (Phi) is 7.32. The van der Waals surface area contributed by atoms with E-state index in [4.69, 9.17) is 16.3 Å². The summed E-state index contributed by atoms with van der Waals surface area (Å²) in [4.78, 5) is 26.9. The highest BCUT2D eigenvalue weighted by molar-refractivity contribution is 6.33. The van der Waals surface area contributed by atoms with Gasteiger partial charge in [-0.25, -0.2) is 4.39 Å². The zero-order valence-electron chi connectivity index (χ0n) is 17.2. The van der Waals surface area contributed by atoms with Gasteiger partial charge in [-0.15, -0.1) is 0 Å². The van der Waals surface area contributed by atoms with Crippen LogP contribution in [0.15, 0.2) is 36.4 Å². The molecule has 1 heterocycles. The maximum atomic E-state index is 13.3. The van der Waals surface area contributed by atoms with Crippen molar-refractivity contribution in [3.63, 3.8) is 0 Å². The Labute approximate surface area is 181 Å². The van der Waals surface area contributed by atoms with Gasteiger partial charge in [0.2, 0.25) is 5.91 Å². The number of hydrogen-bond acceptors (Lipinski definition) is 3. The van der Waals surface area contributed by atoms with Crippen LogP contribution in [0.4, 0.5) is 10.1 Å². The number of carbonyl (C=O) groups is 2. The monoisotopic (exact) mass is 432 g/mol. The summed E-state index contributed by atoms with van der Waals surface area (Å²) in [6, 6.07) is 9.34. The first-order valence-electron chi connectivity index (χ1n) is 10.1. The first-order valence-corrected chi connectivity index (χ1v) is 10.4. The molecule has 2 aromatic rings. The number of nitrogens with one attached hydrogen (secondary N) is 1. The molecule has 1 atom stereocenters. The van der Waals surface area contributed by atoms with Gasteiger partial charge in [-0.2, -0.15) is 0 Å². The molecule has 1 saturated heterocycles. The van der Waals surface area contributed by atoms with Crippen molar-refractivity contribution in [1.29, 1.82) is 0 Å². The van der Waals surface area contributed by atoms with Gasteiger partial charge >= 0.3 is 0 Å². The van der Waals surface area contributed by atoms with E-state index < -0.39 is 5.82 Å². The van der Waals surface area contributed by atoms with E-state index in [1.165, 1.54) is 12.1 Å². The maximum absolute atomic E-state index is 13.3. The van der Waals surface area contributed by atoms with Crippen molar-refractivity contribution in [2.75, 3.05) is 25.5 Å². The lowest BCUT2D eigenvalue weighted by molar-refractivity contribution is -0.116. The number of ether oxygens (including phenoxy) is 1. The number of likely N-dealkylation sites (tertiary alicyclic amines) is 1. The summed E-state index contributed by atoms with van der Waals surface area (Å²) in [6.45, 7) is 3.13. The van der Waals surface area contributed by atoms with Crippen molar-refractivity contribution >= 4 is 29.1 Å². The fourth-order valence-corrected chi connectivity index (χ4v) is 4.02. The van der Waals surface area contributed by atoms with E-state index in [0.29, 0.717) is 31.5 Å². The zero-order valence-corrected chi connectivity index (χ0v) is 18.0. The summed E-state index contributed by atoms with van der Waals surface area (Å²) < 4.78 is 18.4. The largest absolute Gasteiger partial charge is 0.497 e. The number of methoxy groups -OCH3 is 1. The van der Waals surface area contributed by atoms with E-state index in [9.17, 15) is 14.0 Å². The van der Waals surface area contributed by atoms with Crippen LogP contribution < -0.4 is 10.1 Å². The molecule has 30 heavy (non-hydrogen) atoms. The molecule has 2 aromatic carbocycles. The van der Waals surface area contributed by atoms with Crippen LogP contribution in [-0.2, 0) is 4.79 Å². The molecule has 0 radical (unpaired) electrons. The van der Waals surface area contributed by atoms with Gasteiger partial charge in [0.15, 0.2) is 0 Å². The zero-order chi connectivity index (χ0) is 21.7. The minimum atomic E-state index is -0.467. The summed E-state index contributed by atoms with van der Waals surface area (Å²) in [5, 5.41) is 3.07. The van der Waals surface area contributed by atoms with Crippen molar-refractivity contribution in [1.82, 2.24) is 4.90 Å². The second kappa shape index (κ2) is 9.94. The molecule has 0 aliphatic carbocycles. The average molecular weight is 433 g/mol. The molecule has 0 unspecified atom stereocenters. The third kappa shape index (κ3) is 5.51. The van der Waals surface area contributed by atoms with Crippen LogP contribution in [0.2, 0.25) is 5.02 Å². The topological polar surface area (TPSA) is 58.6 Å². The lowest BCUT2D eigenvalue weighted by Crippen LogP contribution is -2.40. The van der Waals surface area contributed by atoms with Crippen molar-refractivity contribution in [3.05, 3.63) is 58.4 Å². The van der Waals surface area contributed by atoms with Crippen molar-refractivity contribution in [2.45, 2.75) is 32.6 Å². The Bertz CT molecular complexity index is 935. The summed E-state index contributed by atoms with van der Waals surface area (Å²) in [6.07, 6.45) is 2.92. The van der Waals surface area contributed by atoms with Crippen LogP contribution in [0.3, 0.4) is 0 Å². The Hall–Kier alpha value is -2.60. The predicted molar refractivity (Wildman–Crippen MR) is 116 cm³/mol. The van der Waals surface area contributed by atoms with Crippen LogP contribution in [0.5, 0.6) is 5.75 Å². The van der Waals surface area contributed by atoms with E-state index in [0.717, 1.165) is 35.9 Å². The molecule has 1 N–H and O–H groups in total. The summed E-state index contributed by atoms with van der Waals surface area (Å²) in [5.41, 5.74) is 2.02. The molecular weight excluding hydrogens is 407 g/mol. The molecule has 5 nitrogen and oxygen atoms in total. The number of piperidine rings is 1. The standard InChI is InChI=1S/C23H26ClFN2O3/c1-15-12-18(30-2)7-9-21(15)26-22(28)10-5-16-4-3-11-27(14-16)23(29)19-8-6-17(25)13-20(19)24/h6-9,12-13,16H,3-5,10-11,14H2,1-2H3,(H,26,28)/t16-/m1/s1. The fraction of sp³-hybridized carbons (Fsp3) is 0.391. The number of halogens is 2. The summed E-state index contributed by atoms with van der Waals surface area (Å²) in [7, 11) is 1.61. The second-order valence-corrected chi connectivity index (χ2v) is 8.06. The number of aryl methyl sites for hydroxylation is 1. The molecule has 0 saturated carbocycles. The Balaban J connectivity index is 1.53. The first-order chi connectivity index (χ1) is 14.4.